The molecule has 88 valence electrons. The Kier molecular flexibility index (Phi) is 3.44. The number of thioether (sulfide) groups is 1. The minimum atomic E-state index is -4.23. The van der Waals surface area contributed by atoms with E-state index in [1.807, 2.05) is 24.3 Å². The van der Waals surface area contributed by atoms with Gasteiger partial charge in [-0.3, -0.25) is 0 Å². The quantitative estimate of drug-likeness (QED) is 0.810. The van der Waals surface area contributed by atoms with Crippen molar-refractivity contribution in [1.29, 1.82) is 0 Å². The predicted molar refractivity (Wildman–Crippen MR) is 56.8 cm³/mol. The zero-order chi connectivity index (χ0) is 11.6. The van der Waals surface area contributed by atoms with Gasteiger partial charge in [0.1, 0.15) is 6.61 Å². The number of hydrogen-bond donors (Lipinski definition) is 0. The molecule has 1 atom stereocenters. The van der Waals surface area contributed by atoms with Crippen LogP contribution < -0.4 is 0 Å². The summed E-state index contributed by atoms with van der Waals surface area (Å²) in [5.41, 5.74) is 1.11. The Morgan fingerprint density at radius 1 is 1.31 bits per heavy atom. The second kappa shape index (κ2) is 4.67. The summed E-state index contributed by atoms with van der Waals surface area (Å²) in [6.07, 6.45) is -4.23. The highest BCUT2D eigenvalue weighted by atomic mass is 32.2. The van der Waals surface area contributed by atoms with Gasteiger partial charge in [-0.05, 0) is 11.6 Å². The topological polar surface area (TPSA) is 9.23 Å². The van der Waals surface area contributed by atoms with Crippen molar-refractivity contribution in [2.24, 2.45) is 0 Å². The van der Waals surface area contributed by atoms with Crippen LogP contribution >= 0.6 is 11.8 Å². The van der Waals surface area contributed by atoms with Gasteiger partial charge in [-0.1, -0.05) is 18.2 Å². The Hall–Kier alpha value is -0.680. The summed E-state index contributed by atoms with van der Waals surface area (Å²) >= 11 is 1.67. The number of ether oxygens (including phenoxy) is 1. The fourth-order valence-corrected chi connectivity index (χ4v) is 2.92. The van der Waals surface area contributed by atoms with Gasteiger partial charge in [0, 0.05) is 16.6 Å². The zero-order valence-electron chi connectivity index (χ0n) is 8.46. The van der Waals surface area contributed by atoms with Crippen molar-refractivity contribution in [3.05, 3.63) is 29.8 Å². The van der Waals surface area contributed by atoms with Crippen LogP contribution in [-0.4, -0.2) is 25.1 Å². The molecule has 1 aliphatic rings. The molecule has 0 saturated carbocycles. The lowest BCUT2D eigenvalue weighted by atomic mass is 10.0. The largest absolute Gasteiger partial charge is 0.411 e. The molecule has 1 aromatic rings. The van der Waals surface area contributed by atoms with Crippen molar-refractivity contribution in [1.82, 2.24) is 0 Å². The second-order valence-electron chi connectivity index (χ2n) is 3.68. The van der Waals surface area contributed by atoms with E-state index in [-0.39, 0.29) is 12.5 Å². The maximum Gasteiger partial charge on any atom is 0.411 e. The molecule has 0 amide bonds. The first-order valence-corrected chi connectivity index (χ1v) is 5.91. The molecule has 1 nitrogen and oxygen atoms in total. The van der Waals surface area contributed by atoms with Gasteiger partial charge in [-0.15, -0.1) is 11.8 Å². The van der Waals surface area contributed by atoms with Gasteiger partial charge in [0.15, 0.2) is 0 Å². The van der Waals surface area contributed by atoms with Crippen molar-refractivity contribution in [2.75, 3.05) is 19.0 Å². The minimum absolute atomic E-state index is 0.0866. The Balaban J connectivity index is 1.89. The average molecular weight is 248 g/mol. The third-order valence-electron chi connectivity index (χ3n) is 2.38. The van der Waals surface area contributed by atoms with E-state index < -0.39 is 12.8 Å². The second-order valence-corrected chi connectivity index (χ2v) is 4.74. The molecule has 1 heterocycles. The summed E-state index contributed by atoms with van der Waals surface area (Å²) < 4.78 is 40.4. The first-order chi connectivity index (χ1) is 7.56. The minimum Gasteiger partial charge on any atom is -0.371 e. The molecule has 0 bridgehead atoms. The number of alkyl halides is 3. The fraction of sp³-hybridized carbons (Fsp3) is 0.455. The van der Waals surface area contributed by atoms with Crippen LogP contribution in [0.25, 0.3) is 0 Å². The maximum atomic E-state index is 11.9. The Morgan fingerprint density at radius 2 is 2.06 bits per heavy atom. The van der Waals surface area contributed by atoms with Gasteiger partial charge in [0.25, 0.3) is 0 Å². The Morgan fingerprint density at radius 3 is 2.81 bits per heavy atom. The summed E-state index contributed by atoms with van der Waals surface area (Å²) in [5, 5.41) is 0. The molecule has 1 aliphatic heterocycles. The van der Waals surface area contributed by atoms with Gasteiger partial charge in [0.2, 0.25) is 0 Å². The van der Waals surface area contributed by atoms with E-state index in [0.717, 1.165) is 16.2 Å². The lowest BCUT2D eigenvalue weighted by Gasteiger charge is -2.12. The summed E-state index contributed by atoms with van der Waals surface area (Å²) in [5.74, 6) is 0.889. The van der Waals surface area contributed by atoms with Crippen molar-refractivity contribution in [2.45, 2.75) is 17.0 Å². The van der Waals surface area contributed by atoms with E-state index in [4.69, 9.17) is 4.74 Å². The molecule has 0 radical (unpaired) electrons. The number of halogens is 3. The molecule has 16 heavy (non-hydrogen) atoms. The van der Waals surface area contributed by atoms with Crippen molar-refractivity contribution in [3.8, 4) is 0 Å². The SMILES string of the molecule is FC(F)(F)COCC1CSc2ccccc21. The number of hydrogen-bond acceptors (Lipinski definition) is 2. The van der Waals surface area contributed by atoms with E-state index in [0.29, 0.717) is 0 Å². The molecule has 0 aromatic heterocycles. The third-order valence-corrected chi connectivity index (χ3v) is 3.64. The van der Waals surface area contributed by atoms with Crippen molar-refractivity contribution >= 4 is 11.8 Å². The monoisotopic (exact) mass is 248 g/mol. The lowest BCUT2D eigenvalue weighted by molar-refractivity contribution is -0.174. The predicted octanol–water partition coefficient (Wildman–Crippen LogP) is 3.45. The van der Waals surface area contributed by atoms with E-state index in [9.17, 15) is 13.2 Å². The molecule has 0 spiro atoms. The molecule has 0 N–H and O–H groups in total. The van der Waals surface area contributed by atoms with Crippen LogP contribution in [0.3, 0.4) is 0 Å². The number of fused-ring (bicyclic) bond motifs is 1. The van der Waals surface area contributed by atoms with Crippen LogP contribution in [-0.2, 0) is 4.74 Å². The van der Waals surface area contributed by atoms with Crippen LogP contribution in [0.1, 0.15) is 11.5 Å². The smallest absolute Gasteiger partial charge is 0.371 e. The van der Waals surface area contributed by atoms with Gasteiger partial charge in [-0.25, -0.2) is 0 Å². The molecule has 0 fully saturated rings. The molecule has 0 aliphatic carbocycles. The summed E-state index contributed by atoms with van der Waals surface area (Å²) in [6, 6.07) is 7.78. The number of rotatable bonds is 3. The van der Waals surface area contributed by atoms with Gasteiger partial charge < -0.3 is 4.74 Å². The van der Waals surface area contributed by atoms with Gasteiger partial charge >= 0.3 is 6.18 Å². The molecule has 1 aromatic carbocycles. The van der Waals surface area contributed by atoms with Crippen molar-refractivity contribution < 1.29 is 17.9 Å². The first-order valence-electron chi connectivity index (χ1n) is 4.92. The molecule has 1 unspecified atom stereocenters. The summed E-state index contributed by atoms with van der Waals surface area (Å²) in [6.45, 7) is -1.01. The van der Waals surface area contributed by atoms with Crippen LogP contribution in [0.5, 0.6) is 0 Å². The lowest BCUT2D eigenvalue weighted by Crippen LogP contribution is -2.19. The molecular formula is C11H11F3OS. The Bertz CT molecular complexity index is 364. The highest BCUT2D eigenvalue weighted by Crippen LogP contribution is 2.39. The average Bonchev–Trinajstić information content (AvgIpc) is 2.60. The maximum absolute atomic E-state index is 11.9. The normalized spacial score (nSPS) is 19.8. The van der Waals surface area contributed by atoms with E-state index >= 15 is 0 Å². The molecule has 5 heteroatoms. The summed E-state index contributed by atoms with van der Waals surface area (Å²) in [4.78, 5) is 1.16. The standard InChI is InChI=1S/C11H11F3OS/c12-11(13,14)7-15-5-8-6-16-10-4-2-1-3-9(8)10/h1-4,8H,5-7H2. The Labute approximate surface area is 96.0 Å². The van der Waals surface area contributed by atoms with Crippen LogP contribution in [0, 0.1) is 0 Å². The van der Waals surface area contributed by atoms with Crippen LogP contribution in [0.15, 0.2) is 29.2 Å². The zero-order valence-corrected chi connectivity index (χ0v) is 9.27. The van der Waals surface area contributed by atoms with Gasteiger partial charge in [-0.2, -0.15) is 13.2 Å². The van der Waals surface area contributed by atoms with Crippen LogP contribution in [0.4, 0.5) is 13.2 Å². The fourth-order valence-electron chi connectivity index (χ4n) is 1.68. The molecule has 2 rings (SSSR count). The van der Waals surface area contributed by atoms with E-state index in [1.54, 1.807) is 11.8 Å². The summed E-state index contributed by atoms with van der Waals surface area (Å²) in [7, 11) is 0. The first kappa shape index (κ1) is 11.8. The molecular weight excluding hydrogens is 237 g/mol. The molecule has 0 saturated heterocycles. The van der Waals surface area contributed by atoms with Crippen molar-refractivity contribution in [3.63, 3.8) is 0 Å². The number of benzene rings is 1. The van der Waals surface area contributed by atoms with E-state index in [1.165, 1.54) is 0 Å². The van der Waals surface area contributed by atoms with E-state index in [2.05, 4.69) is 0 Å². The van der Waals surface area contributed by atoms with Gasteiger partial charge in [0.05, 0.1) is 6.61 Å². The highest BCUT2D eigenvalue weighted by molar-refractivity contribution is 7.99. The highest BCUT2D eigenvalue weighted by Gasteiger charge is 2.29. The third kappa shape index (κ3) is 2.92. The van der Waals surface area contributed by atoms with Crippen LogP contribution in [0.2, 0.25) is 0 Å².